The van der Waals surface area contributed by atoms with Crippen molar-refractivity contribution in [1.82, 2.24) is 0 Å². The minimum Gasteiger partial charge on any atom is -0.393 e. The zero-order valence-corrected chi connectivity index (χ0v) is 17.9. The summed E-state index contributed by atoms with van der Waals surface area (Å²) < 4.78 is 26.3. The minimum atomic E-state index is -1.02. The third-order valence-corrected chi connectivity index (χ3v) is 7.28. The molecule has 2 aromatic carbocycles. The average Bonchev–Trinajstić information content (AvgIpc) is 2.66. The Bertz CT molecular complexity index is 898. The Morgan fingerprint density at radius 1 is 1.10 bits per heavy atom. The highest BCUT2D eigenvalue weighted by Gasteiger charge is 2.34. The van der Waals surface area contributed by atoms with E-state index in [1.54, 1.807) is 30.0 Å². The van der Waals surface area contributed by atoms with Gasteiger partial charge in [0.1, 0.15) is 0 Å². The number of anilines is 1. The number of carbonyl (C=O) groups excluding carboxylic acids is 1. The highest BCUT2D eigenvalue weighted by atomic mass is 35.5. The maximum Gasteiger partial charge on any atom is 0.255 e. The van der Waals surface area contributed by atoms with E-state index >= 15 is 0 Å². The summed E-state index contributed by atoms with van der Waals surface area (Å²) >= 11 is 8.00. The molecule has 0 unspecified atom stereocenters. The van der Waals surface area contributed by atoms with Crippen molar-refractivity contribution in [1.29, 1.82) is 0 Å². The lowest BCUT2D eigenvalue weighted by molar-refractivity contribution is 0.101. The molecule has 0 aromatic heterocycles. The maximum absolute atomic E-state index is 13.4. The van der Waals surface area contributed by atoms with E-state index in [-0.39, 0.29) is 16.5 Å². The molecular formula is C22H24ClF2NO2S. The number of benzene rings is 2. The van der Waals surface area contributed by atoms with Gasteiger partial charge in [0, 0.05) is 27.0 Å². The van der Waals surface area contributed by atoms with Gasteiger partial charge in [-0.2, -0.15) is 0 Å². The van der Waals surface area contributed by atoms with Crippen molar-refractivity contribution < 1.29 is 18.7 Å². The SMILES string of the molecule is CC(C)(Sc1cc(C(=O)Nc2ccc(F)c(F)c2)ccc1Cl)C1CCC(O)CC1. The van der Waals surface area contributed by atoms with E-state index in [9.17, 15) is 18.7 Å². The molecule has 3 nitrogen and oxygen atoms in total. The van der Waals surface area contributed by atoms with Gasteiger partial charge in [0.15, 0.2) is 11.6 Å². The molecule has 3 rings (SSSR count). The average molecular weight is 440 g/mol. The summed E-state index contributed by atoms with van der Waals surface area (Å²) in [5.41, 5.74) is 0.565. The molecule has 1 amide bonds. The van der Waals surface area contributed by atoms with Crippen molar-refractivity contribution in [3.63, 3.8) is 0 Å². The number of rotatable bonds is 5. The molecule has 1 aliphatic carbocycles. The molecule has 2 N–H and O–H groups in total. The molecule has 0 aliphatic heterocycles. The molecule has 0 heterocycles. The van der Waals surface area contributed by atoms with Crippen molar-refractivity contribution in [2.75, 3.05) is 5.32 Å². The van der Waals surface area contributed by atoms with Crippen molar-refractivity contribution in [2.45, 2.75) is 55.3 Å². The fraction of sp³-hybridized carbons (Fsp3) is 0.409. The fourth-order valence-electron chi connectivity index (χ4n) is 3.64. The molecule has 1 fully saturated rings. The number of hydrogen-bond donors (Lipinski definition) is 2. The topological polar surface area (TPSA) is 49.3 Å². The van der Waals surface area contributed by atoms with Gasteiger partial charge in [-0.25, -0.2) is 8.78 Å². The van der Waals surface area contributed by atoms with E-state index in [0.29, 0.717) is 16.5 Å². The minimum absolute atomic E-state index is 0.112. The van der Waals surface area contributed by atoms with Crippen molar-refractivity contribution in [3.8, 4) is 0 Å². The van der Waals surface area contributed by atoms with Crippen LogP contribution in [0.2, 0.25) is 5.02 Å². The van der Waals surface area contributed by atoms with Crippen LogP contribution in [0.15, 0.2) is 41.3 Å². The van der Waals surface area contributed by atoms with E-state index in [0.717, 1.165) is 42.7 Å². The molecule has 0 bridgehead atoms. The number of hydrogen-bond acceptors (Lipinski definition) is 3. The predicted octanol–water partition coefficient (Wildman–Crippen LogP) is 6.29. The van der Waals surface area contributed by atoms with Crippen LogP contribution in [0.1, 0.15) is 49.9 Å². The van der Waals surface area contributed by atoms with Gasteiger partial charge >= 0.3 is 0 Å². The highest BCUT2D eigenvalue weighted by Crippen LogP contribution is 2.46. The fourth-order valence-corrected chi connectivity index (χ4v) is 5.19. The van der Waals surface area contributed by atoms with Crippen LogP contribution in [0, 0.1) is 17.6 Å². The summed E-state index contributed by atoms with van der Waals surface area (Å²) in [5.74, 6) is -1.97. The highest BCUT2D eigenvalue weighted by molar-refractivity contribution is 8.00. The van der Waals surface area contributed by atoms with Crippen LogP contribution < -0.4 is 5.32 Å². The summed E-state index contributed by atoms with van der Waals surface area (Å²) in [5, 5.41) is 12.9. The van der Waals surface area contributed by atoms with Gasteiger partial charge in [-0.15, -0.1) is 11.8 Å². The zero-order chi connectivity index (χ0) is 21.2. The first kappa shape index (κ1) is 22.1. The molecule has 7 heteroatoms. The first-order valence-electron chi connectivity index (χ1n) is 9.59. The Labute approximate surface area is 178 Å². The molecule has 0 atom stereocenters. The van der Waals surface area contributed by atoms with Gasteiger partial charge in [-0.3, -0.25) is 4.79 Å². The molecule has 1 saturated carbocycles. The van der Waals surface area contributed by atoms with Gasteiger partial charge in [0.2, 0.25) is 0 Å². The van der Waals surface area contributed by atoms with Crippen molar-refractivity contribution >= 4 is 35.0 Å². The van der Waals surface area contributed by atoms with E-state index < -0.39 is 17.5 Å². The quantitative estimate of drug-likeness (QED) is 0.538. The van der Waals surface area contributed by atoms with Crippen LogP contribution in [-0.4, -0.2) is 21.9 Å². The molecule has 29 heavy (non-hydrogen) atoms. The van der Waals surface area contributed by atoms with Crippen LogP contribution >= 0.6 is 23.4 Å². The third-order valence-electron chi connectivity index (χ3n) is 5.42. The van der Waals surface area contributed by atoms with Crippen LogP contribution in [0.25, 0.3) is 0 Å². The summed E-state index contributed by atoms with van der Waals surface area (Å²) in [4.78, 5) is 13.4. The Hall–Kier alpha value is -1.63. The lowest BCUT2D eigenvalue weighted by Gasteiger charge is -2.38. The second-order valence-electron chi connectivity index (χ2n) is 7.94. The smallest absolute Gasteiger partial charge is 0.255 e. The molecule has 156 valence electrons. The molecule has 0 spiro atoms. The van der Waals surface area contributed by atoms with E-state index in [2.05, 4.69) is 19.2 Å². The number of aliphatic hydroxyl groups excluding tert-OH is 1. The van der Waals surface area contributed by atoms with Gasteiger partial charge in [0.25, 0.3) is 5.91 Å². The molecule has 2 aromatic rings. The van der Waals surface area contributed by atoms with E-state index in [1.807, 2.05) is 0 Å². The van der Waals surface area contributed by atoms with Crippen LogP contribution in [-0.2, 0) is 0 Å². The Kier molecular flexibility index (Phi) is 6.87. The largest absolute Gasteiger partial charge is 0.393 e. The molecule has 0 saturated heterocycles. The number of nitrogens with one attached hydrogen (secondary N) is 1. The Balaban J connectivity index is 1.75. The van der Waals surface area contributed by atoms with Gasteiger partial charge in [-0.1, -0.05) is 25.4 Å². The lowest BCUT2D eigenvalue weighted by atomic mass is 9.80. The second-order valence-corrected chi connectivity index (χ2v) is 10.0. The first-order valence-corrected chi connectivity index (χ1v) is 10.8. The Morgan fingerprint density at radius 2 is 1.79 bits per heavy atom. The summed E-state index contributed by atoms with van der Waals surface area (Å²) in [6.45, 7) is 4.31. The number of thioether (sulfide) groups is 1. The second kappa shape index (κ2) is 9.02. The maximum atomic E-state index is 13.4. The number of carbonyl (C=O) groups is 1. The van der Waals surface area contributed by atoms with Gasteiger partial charge < -0.3 is 10.4 Å². The molecule has 0 radical (unpaired) electrons. The Morgan fingerprint density at radius 3 is 2.45 bits per heavy atom. The summed E-state index contributed by atoms with van der Waals surface area (Å²) in [6, 6.07) is 8.22. The van der Waals surface area contributed by atoms with E-state index in [4.69, 9.17) is 11.6 Å². The van der Waals surface area contributed by atoms with Crippen molar-refractivity contribution in [3.05, 3.63) is 58.6 Å². The lowest BCUT2D eigenvalue weighted by Crippen LogP contribution is -2.32. The van der Waals surface area contributed by atoms with Crippen molar-refractivity contribution in [2.24, 2.45) is 5.92 Å². The van der Waals surface area contributed by atoms with Crippen LogP contribution in [0.3, 0.4) is 0 Å². The van der Waals surface area contributed by atoms with Gasteiger partial charge in [-0.05, 0) is 61.9 Å². The monoisotopic (exact) mass is 439 g/mol. The summed E-state index contributed by atoms with van der Waals surface area (Å²) in [6.07, 6.45) is 3.31. The standard InChI is InChI=1S/C22H24ClF2NO2S/c1-22(2,14-4-7-16(27)8-5-14)29-20-11-13(3-9-17(20)23)21(28)26-15-6-10-18(24)19(25)12-15/h3,6,9-12,14,16,27H,4-5,7-8H2,1-2H3,(H,26,28). The van der Waals surface area contributed by atoms with Crippen LogP contribution in [0.5, 0.6) is 0 Å². The molecule has 1 aliphatic rings. The number of aliphatic hydroxyl groups is 1. The number of amides is 1. The number of halogens is 3. The van der Waals surface area contributed by atoms with Gasteiger partial charge in [0.05, 0.1) is 11.1 Å². The zero-order valence-electron chi connectivity index (χ0n) is 16.3. The first-order chi connectivity index (χ1) is 13.7. The summed E-state index contributed by atoms with van der Waals surface area (Å²) in [7, 11) is 0. The predicted molar refractivity (Wildman–Crippen MR) is 114 cm³/mol. The normalized spacial score (nSPS) is 19.8. The third kappa shape index (κ3) is 5.50. The van der Waals surface area contributed by atoms with Crippen LogP contribution in [0.4, 0.5) is 14.5 Å². The van der Waals surface area contributed by atoms with E-state index in [1.165, 1.54) is 6.07 Å². The molecular weight excluding hydrogens is 416 g/mol.